The summed E-state index contributed by atoms with van der Waals surface area (Å²) in [6.07, 6.45) is 5.35. The second kappa shape index (κ2) is 7.00. The summed E-state index contributed by atoms with van der Waals surface area (Å²) in [5.74, 6) is 0.141. The third kappa shape index (κ3) is 4.44. The Hall–Kier alpha value is -1.36. The molecule has 0 aliphatic rings. The van der Waals surface area contributed by atoms with Gasteiger partial charge in [-0.3, -0.25) is 9.48 Å². The van der Waals surface area contributed by atoms with Crippen molar-refractivity contribution in [1.29, 1.82) is 0 Å². The van der Waals surface area contributed by atoms with E-state index >= 15 is 0 Å². The van der Waals surface area contributed by atoms with Crippen molar-refractivity contribution in [3.63, 3.8) is 0 Å². The topological polar surface area (TPSA) is 72.9 Å². The summed E-state index contributed by atoms with van der Waals surface area (Å²) < 4.78 is 1.80. The summed E-state index contributed by atoms with van der Waals surface area (Å²) in [5.41, 5.74) is 5.40. The molecule has 0 spiro atoms. The lowest BCUT2D eigenvalue weighted by molar-refractivity contribution is -0.124. The van der Waals surface area contributed by atoms with E-state index in [-0.39, 0.29) is 11.8 Å². The molecule has 0 aliphatic heterocycles. The molecule has 0 aliphatic carbocycles. The number of nitrogens with two attached hydrogens (primary N) is 1. The van der Waals surface area contributed by atoms with Gasteiger partial charge in [-0.1, -0.05) is 6.92 Å². The molecule has 1 heterocycles. The first kappa shape index (κ1) is 12.7. The Labute approximate surface area is 96.0 Å². The van der Waals surface area contributed by atoms with Crippen LogP contribution in [0.3, 0.4) is 0 Å². The molecular weight excluding hydrogens is 204 g/mol. The van der Waals surface area contributed by atoms with Crippen LogP contribution in [0.5, 0.6) is 0 Å². The van der Waals surface area contributed by atoms with E-state index in [1.54, 1.807) is 10.9 Å². The van der Waals surface area contributed by atoms with Crippen LogP contribution in [0.1, 0.15) is 19.8 Å². The highest BCUT2D eigenvalue weighted by molar-refractivity contribution is 5.78. The summed E-state index contributed by atoms with van der Waals surface area (Å²) in [5, 5.41) is 6.95. The van der Waals surface area contributed by atoms with E-state index in [0.29, 0.717) is 19.6 Å². The fourth-order valence-corrected chi connectivity index (χ4v) is 1.46. The normalized spacial score (nSPS) is 12.4. The first-order chi connectivity index (χ1) is 7.74. The van der Waals surface area contributed by atoms with Gasteiger partial charge in [0.2, 0.25) is 5.91 Å². The zero-order chi connectivity index (χ0) is 11.8. The maximum Gasteiger partial charge on any atom is 0.222 e. The van der Waals surface area contributed by atoms with Crippen LogP contribution in [0.15, 0.2) is 18.5 Å². The summed E-state index contributed by atoms with van der Waals surface area (Å²) in [6, 6.07) is 1.87. The predicted molar refractivity (Wildman–Crippen MR) is 62.7 cm³/mol. The minimum absolute atomic E-state index is 0.0428. The number of carbonyl (C=O) groups is 1. The Morgan fingerprint density at radius 1 is 1.62 bits per heavy atom. The van der Waals surface area contributed by atoms with E-state index in [1.807, 2.05) is 19.2 Å². The fraction of sp³-hybridized carbons (Fsp3) is 0.636. The Balaban J connectivity index is 2.14. The third-order valence-corrected chi connectivity index (χ3v) is 2.49. The van der Waals surface area contributed by atoms with Crippen LogP contribution in [-0.4, -0.2) is 28.8 Å². The molecular formula is C11H20N4O. The minimum Gasteiger partial charge on any atom is -0.354 e. The summed E-state index contributed by atoms with van der Waals surface area (Å²) in [4.78, 5) is 11.6. The first-order valence-electron chi connectivity index (χ1n) is 5.69. The fourth-order valence-electron chi connectivity index (χ4n) is 1.46. The van der Waals surface area contributed by atoms with Crippen LogP contribution < -0.4 is 11.1 Å². The van der Waals surface area contributed by atoms with Crippen LogP contribution in [0.25, 0.3) is 0 Å². The summed E-state index contributed by atoms with van der Waals surface area (Å²) >= 11 is 0. The van der Waals surface area contributed by atoms with Gasteiger partial charge in [0.15, 0.2) is 0 Å². The average Bonchev–Trinajstić information content (AvgIpc) is 2.78. The number of hydrogen-bond donors (Lipinski definition) is 2. The van der Waals surface area contributed by atoms with Gasteiger partial charge in [0, 0.05) is 24.9 Å². The number of aromatic nitrogens is 2. The molecule has 0 saturated heterocycles. The molecule has 0 saturated carbocycles. The average molecular weight is 224 g/mol. The first-order valence-corrected chi connectivity index (χ1v) is 5.69. The van der Waals surface area contributed by atoms with Crippen molar-refractivity contribution >= 4 is 5.91 Å². The van der Waals surface area contributed by atoms with Crippen LogP contribution in [0, 0.1) is 5.92 Å². The molecule has 0 fully saturated rings. The maximum absolute atomic E-state index is 11.6. The van der Waals surface area contributed by atoms with Gasteiger partial charge in [-0.2, -0.15) is 5.10 Å². The quantitative estimate of drug-likeness (QED) is 0.703. The van der Waals surface area contributed by atoms with E-state index in [9.17, 15) is 4.79 Å². The van der Waals surface area contributed by atoms with Gasteiger partial charge < -0.3 is 11.1 Å². The van der Waals surface area contributed by atoms with E-state index in [2.05, 4.69) is 10.4 Å². The summed E-state index contributed by atoms with van der Waals surface area (Å²) in [6.45, 7) is 3.90. The number of rotatable bonds is 7. The molecule has 0 aromatic carbocycles. The van der Waals surface area contributed by atoms with E-state index in [1.165, 1.54) is 0 Å². The SMILES string of the molecule is CC(CCCN)C(=O)NCCn1cccn1. The zero-order valence-electron chi connectivity index (χ0n) is 9.72. The Bertz CT molecular complexity index is 297. The standard InChI is InChI=1S/C11H20N4O/c1-10(4-2-5-12)11(16)13-7-9-15-8-3-6-14-15/h3,6,8,10H,2,4-5,7,9,12H2,1H3,(H,13,16). The van der Waals surface area contributed by atoms with Gasteiger partial charge in [-0.05, 0) is 25.5 Å². The number of nitrogens with zero attached hydrogens (tertiary/aromatic N) is 2. The molecule has 0 radical (unpaired) electrons. The van der Waals surface area contributed by atoms with Crippen LogP contribution >= 0.6 is 0 Å². The molecule has 1 rings (SSSR count). The molecule has 90 valence electrons. The smallest absolute Gasteiger partial charge is 0.222 e. The van der Waals surface area contributed by atoms with Gasteiger partial charge in [0.05, 0.1) is 6.54 Å². The lowest BCUT2D eigenvalue weighted by Crippen LogP contribution is -2.32. The second-order valence-electron chi connectivity index (χ2n) is 3.89. The number of hydrogen-bond acceptors (Lipinski definition) is 3. The van der Waals surface area contributed by atoms with Crippen molar-refractivity contribution in [1.82, 2.24) is 15.1 Å². The highest BCUT2D eigenvalue weighted by Crippen LogP contribution is 2.03. The Morgan fingerprint density at radius 3 is 3.06 bits per heavy atom. The van der Waals surface area contributed by atoms with Crippen molar-refractivity contribution in [3.8, 4) is 0 Å². The molecule has 0 bridgehead atoms. The third-order valence-electron chi connectivity index (χ3n) is 2.49. The van der Waals surface area contributed by atoms with E-state index in [0.717, 1.165) is 12.8 Å². The summed E-state index contributed by atoms with van der Waals surface area (Å²) in [7, 11) is 0. The Kier molecular flexibility index (Phi) is 5.56. The van der Waals surface area contributed by atoms with Gasteiger partial charge in [-0.15, -0.1) is 0 Å². The van der Waals surface area contributed by atoms with E-state index in [4.69, 9.17) is 5.73 Å². The van der Waals surface area contributed by atoms with Crippen molar-refractivity contribution in [2.75, 3.05) is 13.1 Å². The lowest BCUT2D eigenvalue weighted by Gasteiger charge is -2.11. The van der Waals surface area contributed by atoms with Crippen molar-refractivity contribution < 1.29 is 4.79 Å². The lowest BCUT2D eigenvalue weighted by atomic mass is 10.1. The molecule has 16 heavy (non-hydrogen) atoms. The molecule has 5 nitrogen and oxygen atoms in total. The van der Waals surface area contributed by atoms with Crippen LogP contribution in [0.2, 0.25) is 0 Å². The van der Waals surface area contributed by atoms with Crippen molar-refractivity contribution in [2.45, 2.75) is 26.3 Å². The van der Waals surface area contributed by atoms with Crippen molar-refractivity contribution in [2.24, 2.45) is 11.7 Å². The van der Waals surface area contributed by atoms with Crippen molar-refractivity contribution in [3.05, 3.63) is 18.5 Å². The molecule has 3 N–H and O–H groups in total. The highest BCUT2D eigenvalue weighted by atomic mass is 16.1. The number of nitrogens with one attached hydrogen (secondary N) is 1. The van der Waals surface area contributed by atoms with Gasteiger partial charge in [0.25, 0.3) is 0 Å². The highest BCUT2D eigenvalue weighted by Gasteiger charge is 2.10. The van der Waals surface area contributed by atoms with Crippen LogP contribution in [0.4, 0.5) is 0 Å². The zero-order valence-corrected chi connectivity index (χ0v) is 9.72. The Morgan fingerprint density at radius 2 is 2.44 bits per heavy atom. The molecule has 1 aromatic heterocycles. The molecule has 1 atom stereocenters. The van der Waals surface area contributed by atoms with Gasteiger partial charge >= 0.3 is 0 Å². The van der Waals surface area contributed by atoms with Crippen LogP contribution in [-0.2, 0) is 11.3 Å². The molecule has 5 heteroatoms. The van der Waals surface area contributed by atoms with Gasteiger partial charge in [-0.25, -0.2) is 0 Å². The molecule has 1 aromatic rings. The van der Waals surface area contributed by atoms with E-state index < -0.39 is 0 Å². The number of amides is 1. The minimum atomic E-state index is 0.0428. The monoisotopic (exact) mass is 224 g/mol. The maximum atomic E-state index is 11.6. The number of carbonyl (C=O) groups excluding carboxylic acids is 1. The molecule has 1 amide bonds. The van der Waals surface area contributed by atoms with Gasteiger partial charge in [0.1, 0.15) is 0 Å². The second-order valence-corrected chi connectivity index (χ2v) is 3.89. The molecule has 1 unspecified atom stereocenters. The largest absolute Gasteiger partial charge is 0.354 e. The predicted octanol–water partition coefficient (Wildman–Crippen LogP) is 0.374.